The molecule has 2 N–H and O–H groups in total. The van der Waals surface area contributed by atoms with E-state index in [-0.39, 0.29) is 17.6 Å². The Balaban J connectivity index is 2.11. The minimum absolute atomic E-state index is 0.0312. The Labute approximate surface area is 111 Å². The SMILES string of the molecule is Cc1csc(CO)c1S(=O)(=O)NCC1CCCO1. The van der Waals surface area contributed by atoms with Crippen molar-refractivity contribution in [3.63, 3.8) is 0 Å². The summed E-state index contributed by atoms with van der Waals surface area (Å²) in [5.74, 6) is 0. The largest absolute Gasteiger partial charge is 0.391 e. The molecule has 7 heteroatoms. The molecule has 1 unspecified atom stereocenters. The molecule has 5 nitrogen and oxygen atoms in total. The van der Waals surface area contributed by atoms with E-state index in [0.29, 0.717) is 23.6 Å². The van der Waals surface area contributed by atoms with E-state index < -0.39 is 10.0 Å². The van der Waals surface area contributed by atoms with Crippen molar-refractivity contribution in [1.29, 1.82) is 0 Å². The molecule has 0 aromatic carbocycles. The maximum absolute atomic E-state index is 12.2. The molecule has 1 aliphatic heterocycles. The van der Waals surface area contributed by atoms with Gasteiger partial charge in [0.05, 0.1) is 17.6 Å². The summed E-state index contributed by atoms with van der Waals surface area (Å²) in [6, 6.07) is 0. The molecule has 1 saturated heterocycles. The summed E-state index contributed by atoms with van der Waals surface area (Å²) >= 11 is 1.26. The second kappa shape index (κ2) is 5.66. The first-order chi connectivity index (χ1) is 8.54. The predicted octanol–water partition coefficient (Wildman–Crippen LogP) is 1.01. The molecule has 0 aliphatic carbocycles. The van der Waals surface area contributed by atoms with Crippen molar-refractivity contribution in [2.75, 3.05) is 13.2 Å². The number of sulfonamides is 1. The van der Waals surface area contributed by atoms with Crippen LogP contribution in [0.1, 0.15) is 23.3 Å². The minimum atomic E-state index is -3.56. The van der Waals surface area contributed by atoms with Crippen LogP contribution in [0, 0.1) is 6.92 Å². The van der Waals surface area contributed by atoms with E-state index in [4.69, 9.17) is 9.84 Å². The molecule has 1 aliphatic rings. The van der Waals surface area contributed by atoms with Crippen LogP contribution in [-0.4, -0.2) is 32.8 Å². The average Bonchev–Trinajstić information content (AvgIpc) is 2.95. The van der Waals surface area contributed by atoms with Gasteiger partial charge in [-0.15, -0.1) is 11.3 Å². The Hall–Kier alpha value is -0.470. The Kier molecular flexibility index (Phi) is 4.39. The van der Waals surface area contributed by atoms with Crippen molar-refractivity contribution >= 4 is 21.4 Å². The number of aliphatic hydroxyl groups is 1. The van der Waals surface area contributed by atoms with Gasteiger partial charge in [0.25, 0.3) is 0 Å². The number of hydrogen-bond acceptors (Lipinski definition) is 5. The van der Waals surface area contributed by atoms with Crippen molar-refractivity contribution < 1.29 is 18.3 Å². The predicted molar refractivity (Wildman–Crippen MR) is 69.1 cm³/mol. The molecule has 0 spiro atoms. The number of thiophene rings is 1. The molecule has 102 valence electrons. The molecule has 1 atom stereocenters. The molecule has 0 saturated carbocycles. The molecule has 1 fully saturated rings. The van der Waals surface area contributed by atoms with E-state index in [0.717, 1.165) is 12.8 Å². The fraction of sp³-hybridized carbons (Fsp3) is 0.636. The van der Waals surface area contributed by atoms with Crippen molar-refractivity contribution in [2.24, 2.45) is 0 Å². The van der Waals surface area contributed by atoms with Crippen molar-refractivity contribution in [3.05, 3.63) is 15.8 Å². The zero-order valence-corrected chi connectivity index (χ0v) is 11.8. The van der Waals surface area contributed by atoms with Crippen molar-refractivity contribution in [2.45, 2.75) is 37.4 Å². The Bertz CT molecular complexity index is 503. The van der Waals surface area contributed by atoms with Gasteiger partial charge in [0.1, 0.15) is 4.90 Å². The zero-order chi connectivity index (χ0) is 13.2. The summed E-state index contributed by atoms with van der Waals surface area (Å²) < 4.78 is 32.3. The number of nitrogens with one attached hydrogen (secondary N) is 1. The van der Waals surface area contributed by atoms with Crippen LogP contribution in [0.3, 0.4) is 0 Å². The van der Waals surface area contributed by atoms with Gasteiger partial charge in [0, 0.05) is 13.2 Å². The third kappa shape index (κ3) is 2.92. The summed E-state index contributed by atoms with van der Waals surface area (Å²) in [5, 5.41) is 10.9. The van der Waals surface area contributed by atoms with Gasteiger partial charge in [-0.2, -0.15) is 0 Å². The fourth-order valence-electron chi connectivity index (χ4n) is 2.04. The van der Waals surface area contributed by atoms with Gasteiger partial charge in [-0.25, -0.2) is 13.1 Å². The summed E-state index contributed by atoms with van der Waals surface area (Å²) in [4.78, 5) is 0.695. The smallest absolute Gasteiger partial charge is 0.242 e. The van der Waals surface area contributed by atoms with Crippen LogP contribution >= 0.6 is 11.3 Å². The van der Waals surface area contributed by atoms with Crippen LogP contribution in [0.15, 0.2) is 10.3 Å². The second-order valence-electron chi connectivity index (χ2n) is 4.32. The number of aryl methyl sites for hydroxylation is 1. The fourth-order valence-corrected chi connectivity index (χ4v) is 4.76. The molecule has 1 aromatic rings. The molecule has 0 amide bonds. The summed E-state index contributed by atoms with van der Waals surface area (Å²) in [6.45, 7) is 2.47. The highest BCUT2D eigenvalue weighted by Crippen LogP contribution is 2.26. The third-order valence-electron chi connectivity index (χ3n) is 2.93. The Morgan fingerprint density at radius 3 is 3.00 bits per heavy atom. The average molecular weight is 291 g/mol. The lowest BCUT2D eigenvalue weighted by Crippen LogP contribution is -2.32. The van der Waals surface area contributed by atoms with Crippen LogP contribution in [0.25, 0.3) is 0 Å². The van der Waals surface area contributed by atoms with E-state index in [2.05, 4.69) is 4.72 Å². The molecular formula is C11H17NO4S2. The van der Waals surface area contributed by atoms with E-state index in [1.807, 2.05) is 0 Å². The van der Waals surface area contributed by atoms with Crippen LogP contribution in [0.2, 0.25) is 0 Å². The Morgan fingerprint density at radius 2 is 2.39 bits per heavy atom. The van der Waals surface area contributed by atoms with Crippen LogP contribution < -0.4 is 4.72 Å². The Morgan fingerprint density at radius 1 is 1.61 bits per heavy atom. The summed E-state index contributed by atoms with van der Waals surface area (Å²) in [7, 11) is -3.56. The van der Waals surface area contributed by atoms with E-state index in [1.54, 1.807) is 12.3 Å². The van der Waals surface area contributed by atoms with Gasteiger partial charge in [-0.1, -0.05) is 0 Å². The lowest BCUT2D eigenvalue weighted by molar-refractivity contribution is 0.114. The monoisotopic (exact) mass is 291 g/mol. The quantitative estimate of drug-likeness (QED) is 0.849. The number of aliphatic hydroxyl groups excluding tert-OH is 1. The maximum Gasteiger partial charge on any atom is 0.242 e. The molecule has 18 heavy (non-hydrogen) atoms. The van der Waals surface area contributed by atoms with Crippen LogP contribution in [0.4, 0.5) is 0 Å². The van der Waals surface area contributed by atoms with Gasteiger partial charge in [0.15, 0.2) is 0 Å². The maximum atomic E-state index is 12.2. The highest BCUT2D eigenvalue weighted by molar-refractivity contribution is 7.89. The molecule has 1 aromatic heterocycles. The molecule has 0 radical (unpaired) electrons. The highest BCUT2D eigenvalue weighted by atomic mass is 32.2. The van der Waals surface area contributed by atoms with Crippen molar-refractivity contribution in [3.8, 4) is 0 Å². The minimum Gasteiger partial charge on any atom is -0.391 e. The molecule has 2 rings (SSSR count). The van der Waals surface area contributed by atoms with Gasteiger partial charge < -0.3 is 9.84 Å². The number of ether oxygens (including phenoxy) is 1. The highest BCUT2D eigenvalue weighted by Gasteiger charge is 2.24. The standard InChI is InChI=1S/C11H17NO4S2/c1-8-7-17-10(6-13)11(8)18(14,15)12-5-9-3-2-4-16-9/h7,9,12-13H,2-6H2,1H3. The van der Waals surface area contributed by atoms with Gasteiger partial charge in [0.2, 0.25) is 10.0 Å². The number of rotatable bonds is 5. The first kappa shape index (κ1) is 14.0. The van der Waals surface area contributed by atoms with Gasteiger partial charge >= 0.3 is 0 Å². The first-order valence-electron chi connectivity index (χ1n) is 5.83. The van der Waals surface area contributed by atoms with E-state index >= 15 is 0 Å². The summed E-state index contributed by atoms with van der Waals surface area (Å²) in [5.41, 5.74) is 0.670. The van der Waals surface area contributed by atoms with Gasteiger partial charge in [-0.05, 0) is 30.7 Å². The van der Waals surface area contributed by atoms with Crippen molar-refractivity contribution in [1.82, 2.24) is 4.72 Å². The second-order valence-corrected chi connectivity index (χ2v) is 6.98. The van der Waals surface area contributed by atoms with E-state index in [9.17, 15) is 8.42 Å². The molecular weight excluding hydrogens is 274 g/mol. The normalized spacial score (nSPS) is 20.4. The molecule has 0 bridgehead atoms. The zero-order valence-electron chi connectivity index (χ0n) is 10.2. The lowest BCUT2D eigenvalue weighted by atomic mass is 10.2. The van der Waals surface area contributed by atoms with Crippen LogP contribution in [0.5, 0.6) is 0 Å². The van der Waals surface area contributed by atoms with Gasteiger partial charge in [-0.3, -0.25) is 0 Å². The first-order valence-corrected chi connectivity index (χ1v) is 8.20. The topological polar surface area (TPSA) is 75.6 Å². The van der Waals surface area contributed by atoms with Crippen LogP contribution in [-0.2, 0) is 21.4 Å². The van der Waals surface area contributed by atoms with E-state index in [1.165, 1.54) is 11.3 Å². The molecule has 2 heterocycles. The third-order valence-corrected chi connectivity index (χ3v) is 5.80. The number of hydrogen-bond donors (Lipinski definition) is 2. The lowest BCUT2D eigenvalue weighted by Gasteiger charge is -2.12. The summed E-state index contributed by atoms with van der Waals surface area (Å²) in [6.07, 6.45) is 1.83.